The van der Waals surface area contributed by atoms with E-state index in [4.69, 9.17) is 11.6 Å². The molecule has 0 fully saturated rings. The van der Waals surface area contributed by atoms with Crippen LogP contribution < -0.4 is 5.32 Å². The van der Waals surface area contributed by atoms with E-state index in [0.717, 1.165) is 16.5 Å². The van der Waals surface area contributed by atoms with Crippen LogP contribution in [0.4, 0.5) is 0 Å². The fourth-order valence-corrected chi connectivity index (χ4v) is 2.81. The minimum absolute atomic E-state index is 0.0885. The van der Waals surface area contributed by atoms with E-state index in [1.54, 1.807) is 6.20 Å². The first-order chi connectivity index (χ1) is 11.1. The highest BCUT2D eigenvalue weighted by atomic mass is 35.5. The Labute approximate surface area is 140 Å². The number of rotatable bonds is 5. The van der Waals surface area contributed by atoms with Crippen LogP contribution in [0.5, 0.6) is 0 Å². The SMILES string of the molecule is CC(NCC(O)c1ccc2ccccc2c1)c1ccnc(Cl)c1. The lowest BCUT2D eigenvalue weighted by Crippen LogP contribution is -2.24. The third-order valence-corrected chi connectivity index (χ3v) is 4.23. The van der Waals surface area contributed by atoms with Crippen LogP contribution >= 0.6 is 11.6 Å². The van der Waals surface area contributed by atoms with Crippen LogP contribution in [0.3, 0.4) is 0 Å². The summed E-state index contributed by atoms with van der Waals surface area (Å²) in [6.45, 7) is 2.51. The third kappa shape index (κ3) is 3.88. The van der Waals surface area contributed by atoms with Crippen molar-refractivity contribution in [2.75, 3.05) is 6.54 Å². The quantitative estimate of drug-likeness (QED) is 0.688. The molecule has 118 valence electrons. The Morgan fingerprint density at radius 3 is 2.61 bits per heavy atom. The first-order valence-electron chi connectivity index (χ1n) is 7.65. The lowest BCUT2D eigenvalue weighted by Gasteiger charge is -2.18. The smallest absolute Gasteiger partial charge is 0.129 e. The standard InChI is InChI=1S/C19H19ClN2O/c1-13(15-8-9-21-19(20)11-15)22-12-18(23)17-7-6-14-4-2-3-5-16(14)10-17/h2-11,13,18,22-23H,12H2,1H3. The maximum atomic E-state index is 10.4. The van der Waals surface area contributed by atoms with Gasteiger partial charge >= 0.3 is 0 Å². The van der Waals surface area contributed by atoms with Gasteiger partial charge < -0.3 is 10.4 Å². The molecule has 23 heavy (non-hydrogen) atoms. The number of aliphatic hydroxyl groups is 1. The molecular weight excluding hydrogens is 308 g/mol. The van der Waals surface area contributed by atoms with Crippen molar-refractivity contribution in [3.63, 3.8) is 0 Å². The van der Waals surface area contributed by atoms with Gasteiger partial charge in [-0.05, 0) is 47.0 Å². The van der Waals surface area contributed by atoms with Crippen LogP contribution in [0.15, 0.2) is 60.8 Å². The monoisotopic (exact) mass is 326 g/mol. The summed E-state index contributed by atoms with van der Waals surface area (Å²) in [6, 6.07) is 18.0. The van der Waals surface area contributed by atoms with Gasteiger partial charge in [0.2, 0.25) is 0 Å². The van der Waals surface area contributed by atoms with Crippen LogP contribution in [0.1, 0.15) is 30.2 Å². The molecule has 0 aliphatic rings. The second-order valence-corrected chi connectivity index (χ2v) is 6.05. The number of pyridine rings is 1. The van der Waals surface area contributed by atoms with Crippen molar-refractivity contribution in [2.45, 2.75) is 19.1 Å². The molecule has 2 atom stereocenters. The largest absolute Gasteiger partial charge is 0.387 e. The molecule has 0 bridgehead atoms. The van der Waals surface area contributed by atoms with Gasteiger partial charge in [-0.1, -0.05) is 48.0 Å². The average Bonchev–Trinajstić information content (AvgIpc) is 2.59. The van der Waals surface area contributed by atoms with Gasteiger partial charge in [-0.25, -0.2) is 4.98 Å². The Morgan fingerprint density at radius 1 is 1.04 bits per heavy atom. The third-order valence-electron chi connectivity index (χ3n) is 4.03. The number of aromatic nitrogens is 1. The first kappa shape index (κ1) is 15.9. The predicted octanol–water partition coefficient (Wildman–Crippen LogP) is 4.27. The van der Waals surface area contributed by atoms with E-state index in [0.29, 0.717) is 11.7 Å². The van der Waals surface area contributed by atoms with Gasteiger partial charge in [0.05, 0.1) is 6.10 Å². The number of fused-ring (bicyclic) bond motifs is 1. The van der Waals surface area contributed by atoms with Crippen LogP contribution in [-0.4, -0.2) is 16.6 Å². The summed E-state index contributed by atoms with van der Waals surface area (Å²) in [6.07, 6.45) is 1.13. The Balaban J connectivity index is 1.67. The Hall–Kier alpha value is -1.94. The van der Waals surface area contributed by atoms with Crippen molar-refractivity contribution >= 4 is 22.4 Å². The Bertz CT molecular complexity index is 806. The average molecular weight is 327 g/mol. The number of benzene rings is 2. The summed E-state index contributed by atoms with van der Waals surface area (Å²) < 4.78 is 0. The predicted molar refractivity (Wildman–Crippen MR) is 94.6 cm³/mol. The van der Waals surface area contributed by atoms with Gasteiger partial charge in [0.25, 0.3) is 0 Å². The van der Waals surface area contributed by atoms with Gasteiger partial charge in [-0.15, -0.1) is 0 Å². The van der Waals surface area contributed by atoms with Gasteiger partial charge in [0, 0.05) is 18.8 Å². The number of hydrogen-bond acceptors (Lipinski definition) is 3. The molecule has 1 aromatic heterocycles. The van der Waals surface area contributed by atoms with Crippen molar-refractivity contribution in [1.82, 2.24) is 10.3 Å². The van der Waals surface area contributed by atoms with Gasteiger partial charge in [-0.3, -0.25) is 0 Å². The summed E-state index contributed by atoms with van der Waals surface area (Å²) in [7, 11) is 0. The maximum absolute atomic E-state index is 10.4. The van der Waals surface area contributed by atoms with E-state index in [9.17, 15) is 5.11 Å². The minimum Gasteiger partial charge on any atom is -0.387 e. The maximum Gasteiger partial charge on any atom is 0.129 e. The summed E-state index contributed by atoms with van der Waals surface area (Å²) in [5.41, 5.74) is 1.96. The topological polar surface area (TPSA) is 45.1 Å². The summed E-state index contributed by atoms with van der Waals surface area (Å²) >= 11 is 5.91. The van der Waals surface area contributed by atoms with Crippen LogP contribution in [-0.2, 0) is 0 Å². The zero-order valence-corrected chi connectivity index (χ0v) is 13.7. The second-order valence-electron chi connectivity index (χ2n) is 5.66. The Kier molecular flexibility index (Phi) is 4.91. The molecule has 4 heteroatoms. The van der Waals surface area contributed by atoms with Crippen LogP contribution in [0.25, 0.3) is 10.8 Å². The summed E-state index contributed by atoms with van der Waals surface area (Å²) in [5, 5.41) is 16.6. The van der Waals surface area contributed by atoms with Crippen LogP contribution in [0, 0.1) is 0 Å². The second kappa shape index (κ2) is 7.09. The molecule has 0 aliphatic heterocycles. The highest BCUT2D eigenvalue weighted by Gasteiger charge is 2.11. The molecule has 0 saturated carbocycles. The van der Waals surface area contributed by atoms with Gasteiger partial charge in [-0.2, -0.15) is 0 Å². The van der Waals surface area contributed by atoms with E-state index in [1.807, 2.05) is 49.4 Å². The van der Waals surface area contributed by atoms with E-state index in [-0.39, 0.29) is 6.04 Å². The highest BCUT2D eigenvalue weighted by Crippen LogP contribution is 2.21. The molecular formula is C19H19ClN2O. The number of aliphatic hydroxyl groups excluding tert-OH is 1. The lowest BCUT2D eigenvalue weighted by atomic mass is 10.0. The first-order valence-corrected chi connectivity index (χ1v) is 8.03. The van der Waals surface area contributed by atoms with Crippen molar-refractivity contribution < 1.29 is 5.11 Å². The molecule has 2 unspecified atom stereocenters. The van der Waals surface area contributed by atoms with Gasteiger partial charge in [0.15, 0.2) is 0 Å². The van der Waals surface area contributed by atoms with Crippen molar-refractivity contribution in [3.05, 3.63) is 77.1 Å². The fraction of sp³-hybridized carbons (Fsp3) is 0.211. The van der Waals surface area contributed by atoms with Crippen molar-refractivity contribution in [2.24, 2.45) is 0 Å². The fourth-order valence-electron chi connectivity index (χ4n) is 2.63. The zero-order chi connectivity index (χ0) is 16.2. The molecule has 0 aliphatic carbocycles. The molecule has 1 heterocycles. The number of nitrogens with zero attached hydrogens (tertiary/aromatic N) is 1. The van der Waals surface area contributed by atoms with Gasteiger partial charge in [0.1, 0.15) is 5.15 Å². The summed E-state index contributed by atoms with van der Waals surface area (Å²) in [4.78, 5) is 3.98. The normalized spacial score (nSPS) is 13.9. The molecule has 0 amide bonds. The van der Waals surface area contributed by atoms with Crippen LogP contribution in [0.2, 0.25) is 5.15 Å². The molecule has 2 aromatic carbocycles. The number of halogens is 1. The molecule has 0 spiro atoms. The van der Waals surface area contributed by atoms with Crippen molar-refractivity contribution in [1.29, 1.82) is 0 Å². The van der Waals surface area contributed by atoms with Crippen molar-refractivity contribution in [3.8, 4) is 0 Å². The number of nitrogens with one attached hydrogen (secondary N) is 1. The van der Waals surface area contributed by atoms with E-state index >= 15 is 0 Å². The van der Waals surface area contributed by atoms with E-state index < -0.39 is 6.10 Å². The van der Waals surface area contributed by atoms with E-state index in [1.165, 1.54) is 5.39 Å². The molecule has 0 saturated heterocycles. The lowest BCUT2D eigenvalue weighted by molar-refractivity contribution is 0.171. The molecule has 3 nitrogen and oxygen atoms in total. The zero-order valence-electron chi connectivity index (χ0n) is 12.9. The summed E-state index contributed by atoms with van der Waals surface area (Å²) in [5.74, 6) is 0. The Morgan fingerprint density at radius 2 is 1.83 bits per heavy atom. The minimum atomic E-state index is -0.556. The molecule has 2 N–H and O–H groups in total. The molecule has 0 radical (unpaired) electrons. The highest BCUT2D eigenvalue weighted by molar-refractivity contribution is 6.29. The molecule has 3 rings (SSSR count). The number of hydrogen-bond donors (Lipinski definition) is 2. The van der Waals surface area contributed by atoms with E-state index in [2.05, 4.69) is 22.4 Å². The molecule has 3 aromatic rings.